The second kappa shape index (κ2) is 15.6. The lowest BCUT2D eigenvalue weighted by atomic mass is 9.33. The topological polar surface area (TPSA) is 9.72 Å². The van der Waals surface area contributed by atoms with Gasteiger partial charge in [0.15, 0.2) is 0 Å². The van der Waals surface area contributed by atoms with Gasteiger partial charge in [0, 0.05) is 50.9 Å². The Labute approximate surface area is 424 Å². The zero-order valence-corrected chi connectivity index (χ0v) is 44.0. The van der Waals surface area contributed by atoms with E-state index in [0.717, 1.165) is 12.8 Å². The van der Waals surface area contributed by atoms with E-state index in [2.05, 4.69) is 268 Å². The monoisotopic (exact) mass is 926 g/mol. The van der Waals surface area contributed by atoms with Crippen molar-refractivity contribution < 1.29 is 0 Å². The summed E-state index contributed by atoms with van der Waals surface area (Å²) >= 11 is 0. The van der Waals surface area contributed by atoms with E-state index in [-0.39, 0.29) is 33.9 Å². The fourth-order valence-electron chi connectivity index (χ4n) is 13.3. The van der Waals surface area contributed by atoms with E-state index in [4.69, 9.17) is 0 Å². The number of rotatable bonds is 4. The average Bonchev–Trinajstić information content (AvgIpc) is 3.56. The fourth-order valence-corrected chi connectivity index (χ4v) is 13.3. The minimum absolute atomic E-state index is 0.00358. The number of hydrogen-bond donors (Lipinski definition) is 0. The standard InChI is InChI=1S/C67H68BN3/c1-43-36-60-62-61(37-43)70(56-34-28-49(38-44(56)2)64(6,7)8)58-35-29-50(65(9,10)11)39-55(58)68(62)54-33-32-52(40-59(54)69(60)51-30-26-47(27-31-51)63(3,4)5)71-57-25-19-18-24-53(57)67(48-22-14-13-15-23-48)42-46-21-17-16-20-45(46)41-66(67,71)12/h13-40H,41-42H2,1-12H3. The number of anilines is 8. The lowest BCUT2D eigenvalue weighted by molar-refractivity contribution is 0.281. The summed E-state index contributed by atoms with van der Waals surface area (Å²) in [6.45, 7) is 28.1. The summed E-state index contributed by atoms with van der Waals surface area (Å²) < 4.78 is 0. The highest BCUT2D eigenvalue weighted by Gasteiger charge is 2.62. The van der Waals surface area contributed by atoms with Gasteiger partial charge in [0.1, 0.15) is 0 Å². The van der Waals surface area contributed by atoms with Crippen LogP contribution in [0, 0.1) is 13.8 Å². The van der Waals surface area contributed by atoms with Gasteiger partial charge in [-0.3, -0.25) is 0 Å². The molecule has 0 spiro atoms. The first-order valence-electron chi connectivity index (χ1n) is 26.0. The molecule has 0 amide bonds. The van der Waals surface area contributed by atoms with Gasteiger partial charge in [-0.25, -0.2) is 0 Å². The molecular formula is C67H68BN3. The molecule has 3 heterocycles. The molecule has 0 fully saturated rings. The molecule has 0 saturated heterocycles. The van der Waals surface area contributed by atoms with Gasteiger partial charge in [0.2, 0.25) is 0 Å². The number of benzene rings is 8. The van der Waals surface area contributed by atoms with Crippen LogP contribution >= 0.6 is 0 Å². The Kier molecular flexibility index (Phi) is 9.98. The lowest BCUT2D eigenvalue weighted by Crippen LogP contribution is -2.62. The predicted octanol–water partition coefficient (Wildman–Crippen LogP) is 15.3. The smallest absolute Gasteiger partial charge is 0.252 e. The molecule has 0 radical (unpaired) electrons. The second-order valence-electron chi connectivity index (χ2n) is 24.7. The summed E-state index contributed by atoms with van der Waals surface area (Å²) in [6, 6.07) is 66.4. The summed E-state index contributed by atoms with van der Waals surface area (Å²) in [5.41, 5.74) is 25.6. The Bertz CT molecular complexity index is 3440. The minimum Gasteiger partial charge on any atom is -0.334 e. The summed E-state index contributed by atoms with van der Waals surface area (Å²) in [5.74, 6) is 0. The maximum atomic E-state index is 2.75. The number of para-hydroxylation sites is 1. The molecule has 12 rings (SSSR count). The van der Waals surface area contributed by atoms with Crippen LogP contribution < -0.4 is 31.1 Å². The molecule has 0 bridgehead atoms. The van der Waals surface area contributed by atoms with Gasteiger partial charge in [-0.15, -0.1) is 0 Å². The van der Waals surface area contributed by atoms with Crippen LogP contribution in [0.25, 0.3) is 0 Å². The first kappa shape index (κ1) is 45.4. The Hall–Kier alpha value is -6.78. The van der Waals surface area contributed by atoms with Crippen molar-refractivity contribution in [1.29, 1.82) is 0 Å². The summed E-state index contributed by atoms with van der Waals surface area (Å²) in [5, 5.41) is 0. The molecule has 2 atom stereocenters. The summed E-state index contributed by atoms with van der Waals surface area (Å²) in [4.78, 5) is 7.96. The van der Waals surface area contributed by atoms with Crippen molar-refractivity contribution in [2.75, 3.05) is 14.7 Å². The quantitative estimate of drug-likeness (QED) is 0.163. The number of hydrogen-bond acceptors (Lipinski definition) is 3. The van der Waals surface area contributed by atoms with E-state index >= 15 is 0 Å². The third kappa shape index (κ3) is 6.76. The van der Waals surface area contributed by atoms with Crippen LogP contribution in [-0.2, 0) is 34.5 Å². The molecule has 0 saturated carbocycles. The van der Waals surface area contributed by atoms with Crippen LogP contribution in [0.15, 0.2) is 170 Å². The molecule has 4 aliphatic rings. The van der Waals surface area contributed by atoms with E-state index in [1.807, 2.05) is 0 Å². The SMILES string of the molecule is Cc1cc2c3c(c1)N(c1ccc(C(C)(C)C)cc1C)c1ccc(C(C)(C)C)cc1B3c1ccc(N3c4ccccc4C4(c5ccccc5)Cc5ccccc5CC34C)cc1N2c1ccc(C(C)(C)C)cc1. The molecule has 3 nitrogen and oxygen atoms in total. The van der Waals surface area contributed by atoms with Gasteiger partial charge in [0.05, 0.1) is 5.54 Å². The minimum atomic E-state index is -0.323. The second-order valence-corrected chi connectivity index (χ2v) is 24.7. The van der Waals surface area contributed by atoms with Gasteiger partial charge in [-0.05, 0) is 171 Å². The van der Waals surface area contributed by atoms with E-state index in [9.17, 15) is 0 Å². The largest absolute Gasteiger partial charge is 0.334 e. The van der Waals surface area contributed by atoms with Crippen LogP contribution in [0.4, 0.5) is 45.5 Å². The Morgan fingerprint density at radius 3 is 1.66 bits per heavy atom. The molecule has 1 aliphatic carbocycles. The van der Waals surface area contributed by atoms with Gasteiger partial charge in [-0.1, -0.05) is 178 Å². The Morgan fingerprint density at radius 1 is 0.437 bits per heavy atom. The first-order chi connectivity index (χ1) is 33.8. The van der Waals surface area contributed by atoms with E-state index in [0.29, 0.717) is 0 Å². The molecule has 8 aromatic carbocycles. The zero-order chi connectivity index (χ0) is 49.6. The molecule has 3 aliphatic heterocycles. The molecular weight excluding hydrogens is 858 g/mol. The van der Waals surface area contributed by atoms with Crippen molar-refractivity contribution in [3.05, 3.63) is 220 Å². The molecule has 2 unspecified atom stereocenters. The van der Waals surface area contributed by atoms with Crippen LogP contribution in [-0.4, -0.2) is 12.3 Å². The zero-order valence-electron chi connectivity index (χ0n) is 44.0. The van der Waals surface area contributed by atoms with E-state index < -0.39 is 0 Å². The third-order valence-electron chi connectivity index (χ3n) is 17.0. The summed E-state index contributed by atoms with van der Waals surface area (Å²) in [7, 11) is 0. The Morgan fingerprint density at radius 2 is 1.00 bits per heavy atom. The highest BCUT2D eigenvalue weighted by Crippen LogP contribution is 2.63. The highest BCUT2D eigenvalue weighted by atomic mass is 15.3. The maximum absolute atomic E-state index is 2.75. The molecule has 71 heavy (non-hydrogen) atoms. The average molecular weight is 926 g/mol. The maximum Gasteiger partial charge on any atom is 0.252 e. The highest BCUT2D eigenvalue weighted by molar-refractivity contribution is 7.00. The predicted molar refractivity (Wildman–Crippen MR) is 304 cm³/mol. The van der Waals surface area contributed by atoms with Crippen molar-refractivity contribution in [2.45, 2.75) is 123 Å². The number of aryl methyl sites for hydroxylation is 2. The van der Waals surface area contributed by atoms with Crippen molar-refractivity contribution in [1.82, 2.24) is 0 Å². The molecule has 8 aromatic rings. The molecule has 354 valence electrons. The molecule has 0 aromatic heterocycles. The normalized spacial score (nSPS) is 18.9. The Balaban J connectivity index is 1.14. The summed E-state index contributed by atoms with van der Waals surface area (Å²) in [6.07, 6.45) is 1.86. The van der Waals surface area contributed by atoms with Crippen molar-refractivity contribution in [3.63, 3.8) is 0 Å². The van der Waals surface area contributed by atoms with E-state index in [1.54, 1.807) is 0 Å². The lowest BCUT2D eigenvalue weighted by Gasteiger charge is -2.53. The van der Waals surface area contributed by atoms with Gasteiger partial charge in [-0.2, -0.15) is 0 Å². The van der Waals surface area contributed by atoms with Gasteiger partial charge >= 0.3 is 0 Å². The van der Waals surface area contributed by atoms with Crippen molar-refractivity contribution >= 4 is 68.6 Å². The van der Waals surface area contributed by atoms with Crippen LogP contribution in [0.1, 0.15) is 119 Å². The van der Waals surface area contributed by atoms with Crippen molar-refractivity contribution in [3.8, 4) is 0 Å². The van der Waals surface area contributed by atoms with Crippen LogP contribution in [0.3, 0.4) is 0 Å². The van der Waals surface area contributed by atoms with Gasteiger partial charge < -0.3 is 14.7 Å². The fraction of sp³-hybridized carbons (Fsp3) is 0.284. The first-order valence-corrected chi connectivity index (χ1v) is 26.0. The molecule has 4 heteroatoms. The van der Waals surface area contributed by atoms with Crippen LogP contribution in [0.5, 0.6) is 0 Å². The van der Waals surface area contributed by atoms with Gasteiger partial charge in [0.25, 0.3) is 6.71 Å². The van der Waals surface area contributed by atoms with Crippen molar-refractivity contribution in [2.24, 2.45) is 0 Å². The molecule has 0 N–H and O–H groups in total. The number of nitrogens with zero attached hydrogens (tertiary/aromatic N) is 3. The van der Waals surface area contributed by atoms with Crippen LogP contribution in [0.2, 0.25) is 0 Å². The van der Waals surface area contributed by atoms with E-state index in [1.165, 1.54) is 112 Å². The third-order valence-corrected chi connectivity index (χ3v) is 17.0. The number of fused-ring (bicyclic) bond motifs is 8.